The van der Waals surface area contributed by atoms with Crippen LogP contribution in [0.4, 0.5) is 0 Å². The molecule has 0 amide bonds. The summed E-state index contributed by atoms with van der Waals surface area (Å²) in [6, 6.07) is 0. The number of fused-ring (bicyclic) bond motifs is 5. The summed E-state index contributed by atoms with van der Waals surface area (Å²) in [5.41, 5.74) is 3.15. The lowest BCUT2D eigenvalue weighted by Crippen LogP contribution is -2.46. The van der Waals surface area contributed by atoms with Gasteiger partial charge in [-0.3, -0.25) is 4.79 Å². The van der Waals surface area contributed by atoms with Crippen molar-refractivity contribution in [3.05, 3.63) is 23.3 Å². The standard InChI is InChI=1S/C19H26O2/c1-18-9-7-13(20)11-12(18)3-4-14-15-5-6-17(21)19(15,2)10-8-16(14)18/h3-4,13,15-16,20H,5-11H2,1-2H3/t13-,15+,16-,18-,19+/m1/s1. The Bertz CT molecular complexity index is 558. The Balaban J connectivity index is 1.75. The summed E-state index contributed by atoms with van der Waals surface area (Å²) < 4.78 is 0. The molecule has 3 saturated carbocycles. The van der Waals surface area contributed by atoms with Crippen LogP contribution in [0.3, 0.4) is 0 Å². The Hall–Kier alpha value is -0.890. The highest BCUT2D eigenvalue weighted by molar-refractivity contribution is 5.88. The number of hydrogen-bond acceptors (Lipinski definition) is 2. The van der Waals surface area contributed by atoms with E-state index in [1.165, 1.54) is 5.57 Å². The number of hydrogen-bond donors (Lipinski definition) is 1. The predicted molar refractivity (Wildman–Crippen MR) is 82.7 cm³/mol. The van der Waals surface area contributed by atoms with Gasteiger partial charge in [0.05, 0.1) is 6.10 Å². The van der Waals surface area contributed by atoms with Crippen LogP contribution in [0.2, 0.25) is 0 Å². The minimum absolute atomic E-state index is 0.0851. The third-order valence-corrected chi connectivity index (χ3v) is 7.26. The molecule has 2 heteroatoms. The fraction of sp³-hybridized carbons (Fsp3) is 0.737. The number of carbonyl (C=O) groups is 1. The number of carbonyl (C=O) groups excluding carboxylic acids is 1. The molecule has 4 rings (SSSR count). The van der Waals surface area contributed by atoms with Gasteiger partial charge in [0.1, 0.15) is 5.78 Å². The molecule has 0 unspecified atom stereocenters. The molecule has 0 aromatic rings. The Labute approximate surface area is 127 Å². The summed E-state index contributed by atoms with van der Waals surface area (Å²) in [5.74, 6) is 1.57. The first-order valence-electron chi connectivity index (χ1n) is 8.57. The summed E-state index contributed by atoms with van der Waals surface area (Å²) >= 11 is 0. The molecule has 21 heavy (non-hydrogen) atoms. The molecule has 0 aromatic carbocycles. The van der Waals surface area contributed by atoms with Gasteiger partial charge in [-0.25, -0.2) is 0 Å². The zero-order chi connectivity index (χ0) is 14.8. The maximum atomic E-state index is 12.3. The van der Waals surface area contributed by atoms with Crippen molar-refractivity contribution in [2.75, 3.05) is 0 Å². The van der Waals surface area contributed by atoms with Gasteiger partial charge in [-0.1, -0.05) is 37.1 Å². The van der Waals surface area contributed by atoms with Crippen molar-refractivity contribution < 1.29 is 9.90 Å². The monoisotopic (exact) mass is 286 g/mol. The number of aliphatic hydroxyl groups is 1. The van der Waals surface area contributed by atoms with Gasteiger partial charge in [0, 0.05) is 11.8 Å². The van der Waals surface area contributed by atoms with Crippen molar-refractivity contribution in [2.45, 2.75) is 64.9 Å². The Morgan fingerprint density at radius 1 is 1.05 bits per heavy atom. The second kappa shape index (κ2) is 4.32. The van der Waals surface area contributed by atoms with Crippen molar-refractivity contribution in [1.82, 2.24) is 0 Å². The third kappa shape index (κ3) is 1.72. The lowest BCUT2D eigenvalue weighted by Gasteiger charge is -2.53. The Morgan fingerprint density at radius 3 is 2.57 bits per heavy atom. The Kier molecular flexibility index (Phi) is 2.83. The molecule has 0 saturated heterocycles. The molecule has 5 atom stereocenters. The van der Waals surface area contributed by atoms with Crippen LogP contribution in [-0.2, 0) is 4.79 Å². The molecule has 0 heterocycles. The second-order valence-corrected chi connectivity index (χ2v) is 8.20. The van der Waals surface area contributed by atoms with Crippen LogP contribution in [0.1, 0.15) is 58.8 Å². The number of ketones is 1. The first-order chi connectivity index (χ1) is 9.95. The van der Waals surface area contributed by atoms with Gasteiger partial charge < -0.3 is 5.11 Å². The SMILES string of the molecule is C[C@@]12CC[C@@H](O)CC1=CC=C1[C@H]2CC[C@]2(C)C(=O)CC[C@@H]12. The zero-order valence-corrected chi connectivity index (χ0v) is 13.2. The summed E-state index contributed by atoms with van der Waals surface area (Å²) in [5, 5.41) is 9.98. The number of allylic oxidation sites excluding steroid dienone is 3. The van der Waals surface area contributed by atoms with Crippen LogP contribution in [0.15, 0.2) is 23.3 Å². The minimum Gasteiger partial charge on any atom is -0.393 e. The average molecular weight is 286 g/mol. The van der Waals surface area contributed by atoms with Crippen LogP contribution in [0.5, 0.6) is 0 Å². The van der Waals surface area contributed by atoms with Crippen molar-refractivity contribution in [3.8, 4) is 0 Å². The number of Topliss-reactive ketones (excluding diaryl/α,β-unsaturated/α-hetero) is 1. The van der Waals surface area contributed by atoms with Gasteiger partial charge in [-0.15, -0.1) is 0 Å². The molecule has 1 N–H and O–H groups in total. The van der Waals surface area contributed by atoms with Gasteiger partial charge >= 0.3 is 0 Å². The fourth-order valence-corrected chi connectivity index (χ4v) is 5.76. The van der Waals surface area contributed by atoms with Crippen LogP contribution in [-0.4, -0.2) is 17.0 Å². The van der Waals surface area contributed by atoms with E-state index < -0.39 is 0 Å². The highest BCUT2D eigenvalue weighted by Gasteiger charge is 2.56. The summed E-state index contributed by atoms with van der Waals surface area (Å²) in [6.07, 6.45) is 11.4. The predicted octanol–water partition coefficient (Wildman–Crippen LogP) is 3.80. The van der Waals surface area contributed by atoms with Crippen molar-refractivity contribution >= 4 is 5.78 Å². The first kappa shape index (κ1) is 13.8. The minimum atomic E-state index is -0.152. The molecule has 2 nitrogen and oxygen atoms in total. The van der Waals surface area contributed by atoms with E-state index in [4.69, 9.17) is 0 Å². The fourth-order valence-electron chi connectivity index (χ4n) is 5.76. The molecular formula is C19H26O2. The summed E-state index contributed by atoms with van der Waals surface area (Å²) in [4.78, 5) is 12.3. The lowest BCUT2D eigenvalue weighted by molar-refractivity contribution is -0.127. The molecule has 0 spiro atoms. The molecule has 4 aliphatic carbocycles. The second-order valence-electron chi connectivity index (χ2n) is 8.20. The highest BCUT2D eigenvalue weighted by atomic mass is 16.3. The Morgan fingerprint density at radius 2 is 1.76 bits per heavy atom. The molecular weight excluding hydrogens is 260 g/mol. The van der Waals surface area contributed by atoms with E-state index in [1.54, 1.807) is 5.57 Å². The zero-order valence-electron chi connectivity index (χ0n) is 13.2. The number of aliphatic hydroxyl groups excluding tert-OH is 1. The molecule has 3 fully saturated rings. The normalized spacial score (nSPS) is 48.9. The maximum Gasteiger partial charge on any atom is 0.139 e. The van der Waals surface area contributed by atoms with E-state index >= 15 is 0 Å². The summed E-state index contributed by atoms with van der Waals surface area (Å²) in [6.45, 7) is 4.61. The van der Waals surface area contributed by atoms with E-state index in [9.17, 15) is 9.90 Å². The van der Waals surface area contributed by atoms with Crippen molar-refractivity contribution in [2.24, 2.45) is 22.7 Å². The summed E-state index contributed by atoms with van der Waals surface area (Å²) in [7, 11) is 0. The van der Waals surface area contributed by atoms with Crippen LogP contribution in [0.25, 0.3) is 0 Å². The van der Waals surface area contributed by atoms with Crippen molar-refractivity contribution in [3.63, 3.8) is 0 Å². The largest absolute Gasteiger partial charge is 0.393 e. The van der Waals surface area contributed by atoms with Gasteiger partial charge in [0.15, 0.2) is 0 Å². The van der Waals surface area contributed by atoms with E-state index in [2.05, 4.69) is 26.0 Å². The maximum absolute atomic E-state index is 12.3. The van der Waals surface area contributed by atoms with Gasteiger partial charge in [0.2, 0.25) is 0 Å². The van der Waals surface area contributed by atoms with Crippen LogP contribution >= 0.6 is 0 Å². The van der Waals surface area contributed by atoms with Gasteiger partial charge in [-0.2, -0.15) is 0 Å². The number of rotatable bonds is 0. The molecule has 114 valence electrons. The highest BCUT2D eigenvalue weighted by Crippen LogP contribution is 2.62. The molecule has 0 aromatic heterocycles. The molecule has 0 bridgehead atoms. The average Bonchev–Trinajstić information content (AvgIpc) is 2.76. The van der Waals surface area contributed by atoms with E-state index in [-0.39, 0.29) is 16.9 Å². The van der Waals surface area contributed by atoms with E-state index in [0.717, 1.165) is 44.9 Å². The van der Waals surface area contributed by atoms with Gasteiger partial charge in [-0.05, 0) is 55.8 Å². The molecule has 4 aliphatic rings. The van der Waals surface area contributed by atoms with Crippen LogP contribution < -0.4 is 0 Å². The smallest absolute Gasteiger partial charge is 0.139 e. The van der Waals surface area contributed by atoms with Crippen LogP contribution in [0, 0.1) is 22.7 Å². The van der Waals surface area contributed by atoms with E-state index in [1.807, 2.05) is 0 Å². The van der Waals surface area contributed by atoms with Crippen molar-refractivity contribution in [1.29, 1.82) is 0 Å². The van der Waals surface area contributed by atoms with Gasteiger partial charge in [0.25, 0.3) is 0 Å². The third-order valence-electron chi connectivity index (χ3n) is 7.26. The quantitative estimate of drug-likeness (QED) is 0.735. The topological polar surface area (TPSA) is 37.3 Å². The van der Waals surface area contributed by atoms with E-state index in [0.29, 0.717) is 17.6 Å². The lowest BCUT2D eigenvalue weighted by atomic mass is 9.51. The molecule has 0 aliphatic heterocycles. The molecule has 0 radical (unpaired) electrons. The first-order valence-corrected chi connectivity index (χ1v) is 8.57.